The minimum absolute atomic E-state index is 0.437. The average molecular weight is 640 g/mol. The molecule has 7 aromatic rings. The van der Waals surface area contributed by atoms with Crippen LogP contribution in [0.25, 0.3) is 45.1 Å². The number of hydrogen-bond acceptors (Lipinski definition) is 7. The lowest BCUT2D eigenvalue weighted by Crippen LogP contribution is -2.02. The first-order valence-corrected chi connectivity index (χ1v) is 16.1. The van der Waals surface area contributed by atoms with Gasteiger partial charge in [0.1, 0.15) is 47.6 Å². The first-order valence-electron chi connectivity index (χ1n) is 16.1. The molecule has 3 heterocycles. The molecule has 0 fully saturated rings. The molecule has 7 rings (SSSR count). The van der Waals surface area contributed by atoms with Crippen molar-refractivity contribution in [3.8, 4) is 46.0 Å². The molecule has 0 radical (unpaired) electrons. The first-order chi connectivity index (χ1) is 23.6. The Kier molecular flexibility index (Phi) is 8.66. The molecule has 0 unspecified atom stereocenters. The molecule has 0 saturated heterocycles. The highest BCUT2D eigenvalue weighted by Crippen LogP contribution is 2.30. The lowest BCUT2D eigenvalue weighted by Gasteiger charge is -2.09. The molecule has 0 aliphatic carbocycles. The number of hydrogen-bond donors (Lipinski definition) is 0. The zero-order valence-electron chi connectivity index (χ0n) is 27.5. The van der Waals surface area contributed by atoms with Crippen molar-refractivity contribution < 1.29 is 18.9 Å². The zero-order chi connectivity index (χ0) is 33.0. The normalized spacial score (nSPS) is 11.2. The van der Waals surface area contributed by atoms with Crippen LogP contribution in [0.15, 0.2) is 103 Å². The fraction of sp³-hybridized carbons (Fsp3) is 0.205. The SMILES string of the molecule is CCn1c(-c2cccc(-c3nc4cc(COc5ccc(OC)cc5)ccc4n3CC)n2)nc2cc(COc3ccc(OC)cc3)ccc21. The standard InChI is InChI=1S/C39H37N5O4/c1-5-43-36-20-10-26(24-47-30-16-12-28(45-3)13-17-30)22-34(36)41-38(43)32-8-7-9-33(40-32)39-42-35-23-27(11-21-37(35)44(39)6-2)25-48-31-18-14-29(46-4)15-19-31/h7-23H,5-6,24-25H2,1-4H3. The van der Waals surface area contributed by atoms with Gasteiger partial charge in [0.25, 0.3) is 0 Å². The highest BCUT2D eigenvalue weighted by Gasteiger charge is 2.18. The van der Waals surface area contributed by atoms with Crippen molar-refractivity contribution in [1.29, 1.82) is 0 Å². The number of rotatable bonds is 12. The summed E-state index contributed by atoms with van der Waals surface area (Å²) in [5, 5.41) is 0. The lowest BCUT2D eigenvalue weighted by molar-refractivity contribution is 0.305. The number of fused-ring (bicyclic) bond motifs is 2. The van der Waals surface area contributed by atoms with Gasteiger partial charge >= 0.3 is 0 Å². The zero-order valence-corrected chi connectivity index (χ0v) is 27.5. The number of imidazole rings is 2. The van der Waals surface area contributed by atoms with Crippen LogP contribution in [-0.4, -0.2) is 38.3 Å². The summed E-state index contributed by atoms with van der Waals surface area (Å²) < 4.78 is 26.9. The second kappa shape index (κ2) is 13.5. The highest BCUT2D eigenvalue weighted by atomic mass is 16.5. The summed E-state index contributed by atoms with van der Waals surface area (Å²) in [4.78, 5) is 15.2. The van der Waals surface area contributed by atoms with E-state index in [2.05, 4.69) is 59.4 Å². The van der Waals surface area contributed by atoms with Crippen LogP contribution < -0.4 is 18.9 Å². The van der Waals surface area contributed by atoms with Crippen molar-refractivity contribution in [3.05, 3.63) is 114 Å². The molecule has 0 atom stereocenters. The Bertz CT molecular complexity index is 2030. The molecule has 0 saturated carbocycles. The minimum Gasteiger partial charge on any atom is -0.497 e. The first kappa shape index (κ1) is 30.8. The van der Waals surface area contributed by atoms with Crippen LogP contribution in [0.1, 0.15) is 25.0 Å². The van der Waals surface area contributed by atoms with Gasteiger partial charge in [-0.15, -0.1) is 0 Å². The molecule has 0 aliphatic heterocycles. The maximum atomic E-state index is 6.03. The van der Waals surface area contributed by atoms with Gasteiger partial charge in [-0.2, -0.15) is 0 Å². The average Bonchev–Trinajstić information content (AvgIpc) is 3.71. The monoisotopic (exact) mass is 639 g/mol. The number of methoxy groups -OCH3 is 2. The summed E-state index contributed by atoms with van der Waals surface area (Å²) in [7, 11) is 3.31. The summed E-state index contributed by atoms with van der Waals surface area (Å²) in [6.45, 7) is 6.64. The van der Waals surface area contributed by atoms with Gasteiger partial charge in [-0.1, -0.05) is 18.2 Å². The quantitative estimate of drug-likeness (QED) is 0.133. The van der Waals surface area contributed by atoms with Crippen LogP contribution in [0.3, 0.4) is 0 Å². The topological polar surface area (TPSA) is 85.5 Å². The van der Waals surface area contributed by atoms with Gasteiger partial charge in [0.2, 0.25) is 0 Å². The second-order valence-electron chi connectivity index (χ2n) is 11.3. The number of benzene rings is 4. The van der Waals surface area contributed by atoms with E-state index in [0.717, 1.165) is 92.3 Å². The molecular weight excluding hydrogens is 602 g/mol. The van der Waals surface area contributed by atoms with E-state index in [-0.39, 0.29) is 0 Å². The van der Waals surface area contributed by atoms with Crippen molar-refractivity contribution in [2.75, 3.05) is 14.2 Å². The van der Waals surface area contributed by atoms with E-state index in [0.29, 0.717) is 13.2 Å². The fourth-order valence-electron chi connectivity index (χ4n) is 5.92. The summed E-state index contributed by atoms with van der Waals surface area (Å²) >= 11 is 0. The van der Waals surface area contributed by atoms with Gasteiger partial charge in [-0.05, 0) is 110 Å². The highest BCUT2D eigenvalue weighted by molar-refractivity contribution is 5.82. The van der Waals surface area contributed by atoms with E-state index >= 15 is 0 Å². The maximum absolute atomic E-state index is 6.03. The Morgan fingerprint density at radius 3 is 1.31 bits per heavy atom. The summed E-state index contributed by atoms with van der Waals surface area (Å²) in [6.07, 6.45) is 0. The Morgan fingerprint density at radius 1 is 0.500 bits per heavy atom. The fourth-order valence-corrected chi connectivity index (χ4v) is 5.92. The van der Waals surface area contributed by atoms with Gasteiger partial charge in [-0.25, -0.2) is 15.0 Å². The molecular formula is C39H37N5O4. The van der Waals surface area contributed by atoms with Gasteiger partial charge in [0.15, 0.2) is 11.6 Å². The van der Waals surface area contributed by atoms with Crippen molar-refractivity contribution in [3.63, 3.8) is 0 Å². The van der Waals surface area contributed by atoms with Gasteiger partial charge in [-0.3, -0.25) is 0 Å². The number of ether oxygens (including phenoxy) is 4. The number of aryl methyl sites for hydroxylation is 2. The third-order valence-corrected chi connectivity index (χ3v) is 8.39. The van der Waals surface area contributed by atoms with Gasteiger partial charge in [0.05, 0.1) is 36.3 Å². The smallest absolute Gasteiger partial charge is 0.159 e. The lowest BCUT2D eigenvalue weighted by atomic mass is 10.2. The number of nitrogens with zero attached hydrogens (tertiary/aromatic N) is 5. The van der Waals surface area contributed by atoms with Crippen molar-refractivity contribution in [2.24, 2.45) is 0 Å². The van der Waals surface area contributed by atoms with E-state index in [1.54, 1.807) is 14.2 Å². The third kappa shape index (κ3) is 6.14. The molecule has 4 aromatic carbocycles. The van der Waals surface area contributed by atoms with Gasteiger partial charge < -0.3 is 28.1 Å². The molecule has 0 spiro atoms. The molecule has 0 aliphatic rings. The van der Waals surface area contributed by atoms with E-state index in [9.17, 15) is 0 Å². The summed E-state index contributed by atoms with van der Waals surface area (Å²) in [5.41, 5.74) is 7.58. The number of pyridine rings is 1. The van der Waals surface area contributed by atoms with Crippen molar-refractivity contribution >= 4 is 22.1 Å². The van der Waals surface area contributed by atoms with Crippen LogP contribution >= 0.6 is 0 Å². The van der Waals surface area contributed by atoms with Crippen molar-refractivity contribution in [2.45, 2.75) is 40.2 Å². The minimum atomic E-state index is 0.437. The van der Waals surface area contributed by atoms with E-state index in [4.69, 9.17) is 33.9 Å². The van der Waals surface area contributed by atoms with E-state index < -0.39 is 0 Å². The molecule has 0 amide bonds. The Balaban J connectivity index is 1.15. The molecule has 0 bridgehead atoms. The maximum Gasteiger partial charge on any atom is 0.159 e. The Hall–Kier alpha value is -5.83. The summed E-state index contributed by atoms with van der Waals surface area (Å²) in [5.74, 6) is 4.80. The molecule has 3 aromatic heterocycles. The molecule has 242 valence electrons. The largest absolute Gasteiger partial charge is 0.497 e. The second-order valence-corrected chi connectivity index (χ2v) is 11.3. The van der Waals surface area contributed by atoms with Crippen LogP contribution in [0.5, 0.6) is 23.0 Å². The molecule has 9 heteroatoms. The van der Waals surface area contributed by atoms with E-state index in [1.165, 1.54) is 0 Å². The Morgan fingerprint density at radius 2 is 0.917 bits per heavy atom. The predicted octanol–water partition coefficient (Wildman–Crippen LogP) is 8.33. The van der Waals surface area contributed by atoms with Crippen LogP contribution in [0, 0.1) is 0 Å². The molecule has 0 N–H and O–H groups in total. The molecule has 48 heavy (non-hydrogen) atoms. The Labute approximate surface area is 279 Å². The van der Waals surface area contributed by atoms with Crippen LogP contribution in [0.2, 0.25) is 0 Å². The predicted molar refractivity (Wildman–Crippen MR) is 188 cm³/mol. The van der Waals surface area contributed by atoms with E-state index in [1.807, 2.05) is 66.7 Å². The summed E-state index contributed by atoms with van der Waals surface area (Å²) in [6, 6.07) is 33.8. The number of aromatic nitrogens is 5. The van der Waals surface area contributed by atoms with Gasteiger partial charge in [0, 0.05) is 13.1 Å². The third-order valence-electron chi connectivity index (χ3n) is 8.39. The van der Waals surface area contributed by atoms with Crippen molar-refractivity contribution in [1.82, 2.24) is 24.1 Å². The van der Waals surface area contributed by atoms with Crippen LogP contribution in [0.4, 0.5) is 0 Å². The molecule has 9 nitrogen and oxygen atoms in total. The van der Waals surface area contributed by atoms with Crippen LogP contribution in [-0.2, 0) is 26.3 Å².